The Kier molecular flexibility index (Phi) is 4.31. The summed E-state index contributed by atoms with van der Waals surface area (Å²) in [7, 11) is 0. The van der Waals surface area contributed by atoms with Gasteiger partial charge in [0, 0.05) is 23.2 Å². The number of aliphatic hydroxyl groups excluding tert-OH is 2. The molecule has 5 rings (SSSR count). The lowest BCUT2D eigenvalue weighted by Gasteiger charge is -2.42. The molecule has 3 aliphatic carbocycles. The monoisotopic (exact) mass is 408 g/mol. The van der Waals surface area contributed by atoms with Crippen molar-refractivity contribution in [3.63, 3.8) is 0 Å². The molecule has 2 saturated heterocycles. The van der Waals surface area contributed by atoms with Crippen LogP contribution in [-0.2, 0) is 19.0 Å². The Morgan fingerprint density at radius 2 is 1.79 bits per heavy atom. The fourth-order valence-corrected chi connectivity index (χ4v) is 7.64. The average molecular weight is 409 g/mol. The number of epoxide rings is 2. The van der Waals surface area contributed by atoms with E-state index in [4.69, 9.17) is 14.2 Å². The minimum Gasteiger partial charge on any atom is -0.461 e. The summed E-state index contributed by atoms with van der Waals surface area (Å²) in [4.78, 5) is 12.7. The Labute approximate surface area is 173 Å². The molecule has 2 aliphatic heterocycles. The van der Waals surface area contributed by atoms with E-state index in [1.165, 1.54) is 12.8 Å². The first kappa shape index (κ1) is 20.2. The van der Waals surface area contributed by atoms with Gasteiger partial charge in [0.15, 0.2) is 0 Å². The Morgan fingerprint density at radius 1 is 1.10 bits per heavy atom. The Balaban J connectivity index is 1.37. The number of rotatable bonds is 7. The number of unbranched alkanes of at least 4 members (excludes halogenated alkanes) is 4. The van der Waals surface area contributed by atoms with Gasteiger partial charge in [0.1, 0.15) is 29.5 Å². The topological polar surface area (TPSA) is 91.8 Å². The lowest BCUT2D eigenvalue weighted by molar-refractivity contribution is -0.164. The van der Waals surface area contributed by atoms with E-state index in [9.17, 15) is 15.0 Å². The largest absolute Gasteiger partial charge is 0.461 e. The van der Waals surface area contributed by atoms with Gasteiger partial charge in [-0.05, 0) is 18.8 Å². The maximum atomic E-state index is 12.7. The molecule has 5 aliphatic rings. The van der Waals surface area contributed by atoms with Gasteiger partial charge in [0.2, 0.25) is 0 Å². The lowest BCUT2D eigenvalue weighted by Crippen LogP contribution is -2.54. The third-order valence-corrected chi connectivity index (χ3v) is 9.17. The first-order valence-electron chi connectivity index (χ1n) is 11.5. The second kappa shape index (κ2) is 6.18. The van der Waals surface area contributed by atoms with Crippen LogP contribution in [0.25, 0.3) is 0 Å². The molecule has 29 heavy (non-hydrogen) atoms. The van der Waals surface area contributed by atoms with Crippen molar-refractivity contribution in [2.45, 2.75) is 108 Å². The number of hydrogen-bond acceptors (Lipinski definition) is 6. The zero-order chi connectivity index (χ0) is 20.8. The number of carbonyl (C=O) groups is 1. The highest BCUT2D eigenvalue weighted by molar-refractivity contribution is 5.69. The molecular weight excluding hydrogens is 372 g/mol. The third-order valence-electron chi connectivity index (χ3n) is 9.17. The Morgan fingerprint density at radius 3 is 2.45 bits per heavy atom. The maximum Gasteiger partial charge on any atom is 0.306 e. The summed E-state index contributed by atoms with van der Waals surface area (Å²) in [5.41, 5.74) is -2.19. The molecule has 6 heteroatoms. The Hall–Kier alpha value is -0.690. The van der Waals surface area contributed by atoms with Gasteiger partial charge in [-0.15, -0.1) is 0 Å². The van der Waals surface area contributed by atoms with Crippen LogP contribution in [0.15, 0.2) is 0 Å². The molecule has 5 fully saturated rings. The average Bonchev–Trinajstić information content (AvgIpc) is 3.55. The van der Waals surface area contributed by atoms with E-state index in [-0.39, 0.29) is 35.4 Å². The predicted octanol–water partition coefficient (Wildman–Crippen LogP) is 2.58. The number of hydrogen-bond donors (Lipinski definition) is 2. The standard InChI is InChI=1S/C23H36O6/c1-5-6-7-8-9-10-14(24)28-18-15-13(11-20(18,2)3)16(25)23-19(29-23)17(26)22(12-27-22)21(15,23)4/h13,15-19,25-26H,5-12H2,1-4H3/t13-,15-,16-,17-,18+,19+,21+,22-,23+/m0/s1. The molecule has 2 N–H and O–H groups in total. The zero-order valence-corrected chi connectivity index (χ0v) is 18.1. The second-order valence-corrected chi connectivity index (χ2v) is 11.1. The predicted molar refractivity (Wildman–Crippen MR) is 105 cm³/mol. The molecule has 0 unspecified atom stereocenters. The van der Waals surface area contributed by atoms with Crippen LogP contribution < -0.4 is 0 Å². The van der Waals surface area contributed by atoms with Gasteiger partial charge in [0.25, 0.3) is 0 Å². The van der Waals surface area contributed by atoms with E-state index in [1.807, 2.05) is 0 Å². The SMILES string of the molecule is CCCCCCCC(=O)O[C@@H]1[C@@H]2[C@H](CC1(C)C)[C@H](O)[C@@]13O[C@@H]1[C@H](O)[C@@]1(CO1)[C@@]23C. The summed E-state index contributed by atoms with van der Waals surface area (Å²) < 4.78 is 18.0. The van der Waals surface area contributed by atoms with Crippen molar-refractivity contribution in [1.82, 2.24) is 0 Å². The first-order valence-corrected chi connectivity index (χ1v) is 11.5. The molecule has 2 heterocycles. The Bertz CT molecular complexity index is 701. The highest BCUT2D eigenvalue weighted by Crippen LogP contribution is 2.82. The van der Waals surface area contributed by atoms with Crippen molar-refractivity contribution < 1.29 is 29.2 Å². The van der Waals surface area contributed by atoms with E-state index in [1.54, 1.807) is 0 Å². The number of esters is 1. The molecule has 0 bridgehead atoms. The van der Waals surface area contributed by atoms with Gasteiger partial charge in [-0.25, -0.2) is 0 Å². The molecule has 9 atom stereocenters. The number of ether oxygens (including phenoxy) is 3. The maximum absolute atomic E-state index is 12.7. The highest BCUT2D eigenvalue weighted by atomic mass is 16.7. The van der Waals surface area contributed by atoms with Crippen molar-refractivity contribution in [2.75, 3.05) is 6.61 Å². The molecular formula is C23H36O6. The fourth-order valence-electron chi connectivity index (χ4n) is 7.64. The number of fused-ring (bicyclic) bond motifs is 3. The lowest BCUT2D eigenvalue weighted by atomic mass is 9.64. The minimum absolute atomic E-state index is 0.00377. The van der Waals surface area contributed by atoms with Crippen LogP contribution >= 0.6 is 0 Å². The molecule has 0 aromatic rings. The quantitative estimate of drug-likeness (QED) is 0.382. The van der Waals surface area contributed by atoms with Crippen LogP contribution in [0.2, 0.25) is 0 Å². The molecule has 0 radical (unpaired) electrons. The van der Waals surface area contributed by atoms with Gasteiger partial charge in [0.05, 0.1) is 12.7 Å². The van der Waals surface area contributed by atoms with Crippen molar-refractivity contribution in [2.24, 2.45) is 22.7 Å². The summed E-state index contributed by atoms with van der Waals surface area (Å²) in [5.74, 6) is -0.214. The molecule has 0 amide bonds. The van der Waals surface area contributed by atoms with Crippen molar-refractivity contribution >= 4 is 5.97 Å². The fraction of sp³-hybridized carbons (Fsp3) is 0.957. The van der Waals surface area contributed by atoms with Crippen LogP contribution in [-0.4, -0.2) is 58.4 Å². The summed E-state index contributed by atoms with van der Waals surface area (Å²) in [6, 6.07) is 0. The van der Waals surface area contributed by atoms with E-state index >= 15 is 0 Å². The second-order valence-electron chi connectivity index (χ2n) is 11.1. The first-order chi connectivity index (χ1) is 13.7. The van der Waals surface area contributed by atoms with E-state index in [0.717, 1.165) is 25.7 Å². The van der Waals surface area contributed by atoms with Crippen molar-refractivity contribution in [3.8, 4) is 0 Å². The summed E-state index contributed by atoms with van der Waals surface area (Å²) in [6.07, 6.45) is 4.66. The van der Waals surface area contributed by atoms with Gasteiger partial charge >= 0.3 is 5.97 Å². The molecule has 0 aromatic carbocycles. The molecule has 0 aromatic heterocycles. The van der Waals surface area contributed by atoms with E-state index in [0.29, 0.717) is 13.0 Å². The molecule has 164 valence electrons. The molecule has 6 nitrogen and oxygen atoms in total. The summed E-state index contributed by atoms with van der Waals surface area (Å²) in [5, 5.41) is 22.1. The van der Waals surface area contributed by atoms with Crippen LogP contribution in [0.1, 0.15) is 72.6 Å². The molecule has 2 spiro atoms. The van der Waals surface area contributed by atoms with E-state index in [2.05, 4.69) is 27.7 Å². The van der Waals surface area contributed by atoms with Gasteiger partial charge < -0.3 is 24.4 Å². The number of aliphatic hydroxyl groups is 2. The summed E-state index contributed by atoms with van der Waals surface area (Å²) >= 11 is 0. The third kappa shape index (κ3) is 2.29. The molecule has 3 saturated carbocycles. The van der Waals surface area contributed by atoms with Gasteiger partial charge in [-0.3, -0.25) is 4.79 Å². The summed E-state index contributed by atoms with van der Waals surface area (Å²) in [6.45, 7) is 9.02. The van der Waals surface area contributed by atoms with Crippen molar-refractivity contribution in [3.05, 3.63) is 0 Å². The van der Waals surface area contributed by atoms with Crippen LogP contribution in [0.3, 0.4) is 0 Å². The van der Waals surface area contributed by atoms with Crippen LogP contribution in [0.4, 0.5) is 0 Å². The van der Waals surface area contributed by atoms with E-state index < -0.39 is 28.8 Å². The van der Waals surface area contributed by atoms with Crippen LogP contribution in [0.5, 0.6) is 0 Å². The normalized spacial score (nSPS) is 52.9. The van der Waals surface area contributed by atoms with Gasteiger partial charge in [-0.1, -0.05) is 53.4 Å². The van der Waals surface area contributed by atoms with Crippen molar-refractivity contribution in [1.29, 1.82) is 0 Å². The smallest absolute Gasteiger partial charge is 0.306 e. The van der Waals surface area contributed by atoms with Crippen LogP contribution in [0, 0.1) is 22.7 Å². The highest BCUT2D eigenvalue weighted by Gasteiger charge is 2.97. The number of carbonyl (C=O) groups excluding carboxylic acids is 1. The zero-order valence-electron chi connectivity index (χ0n) is 18.1. The van der Waals surface area contributed by atoms with Gasteiger partial charge in [-0.2, -0.15) is 0 Å². The minimum atomic E-state index is -0.750.